The number of hydrogen-bond donors (Lipinski definition) is 0. The van der Waals surface area contributed by atoms with Gasteiger partial charge in [-0.05, 0) is 54.3 Å². The lowest BCUT2D eigenvalue weighted by atomic mass is 9.69. The van der Waals surface area contributed by atoms with Crippen LogP contribution in [-0.2, 0) is 0 Å². The molecule has 0 spiro atoms. The normalized spacial score (nSPS) is 51.9. The summed E-state index contributed by atoms with van der Waals surface area (Å²) in [5.41, 5.74) is 2.71. The Bertz CT molecular complexity index is 312. The summed E-state index contributed by atoms with van der Waals surface area (Å²) in [5.74, 6) is 2.79. The lowest BCUT2D eigenvalue weighted by molar-refractivity contribution is 0.141. The molecule has 0 radical (unpaired) electrons. The largest absolute Gasteiger partial charge is 0.0990 e. The third-order valence-corrected chi connectivity index (χ3v) is 6.07. The summed E-state index contributed by atoms with van der Waals surface area (Å²) in [6, 6.07) is 0. The van der Waals surface area contributed by atoms with Gasteiger partial charge in [-0.15, -0.1) is 0 Å². The molecule has 0 saturated heterocycles. The molecule has 0 nitrogen and oxygen atoms in total. The van der Waals surface area contributed by atoms with Crippen molar-refractivity contribution in [1.29, 1.82) is 0 Å². The Labute approximate surface area is 94.1 Å². The Hall–Kier alpha value is -0.260. The van der Waals surface area contributed by atoms with Crippen LogP contribution < -0.4 is 0 Å². The van der Waals surface area contributed by atoms with Gasteiger partial charge in [0.2, 0.25) is 0 Å². The van der Waals surface area contributed by atoms with Gasteiger partial charge in [-0.25, -0.2) is 0 Å². The zero-order chi connectivity index (χ0) is 10.8. The van der Waals surface area contributed by atoms with Crippen LogP contribution >= 0.6 is 0 Å². The Morgan fingerprint density at radius 1 is 1.13 bits per heavy atom. The Morgan fingerprint density at radius 3 is 2.60 bits per heavy atom. The van der Waals surface area contributed by atoms with E-state index in [4.69, 9.17) is 0 Å². The van der Waals surface area contributed by atoms with E-state index < -0.39 is 0 Å². The zero-order valence-corrected chi connectivity index (χ0v) is 10.5. The average Bonchev–Trinajstić information content (AvgIpc) is 2.63. The third kappa shape index (κ3) is 1.04. The second-order valence-electron chi connectivity index (χ2n) is 7.10. The Morgan fingerprint density at radius 2 is 1.87 bits per heavy atom. The molecule has 0 aliphatic heterocycles. The first-order chi connectivity index (χ1) is 6.97. The van der Waals surface area contributed by atoms with Crippen molar-refractivity contribution in [2.45, 2.75) is 52.9 Å². The minimum Gasteiger partial charge on any atom is -0.0990 e. The molecule has 3 saturated carbocycles. The molecule has 3 aliphatic carbocycles. The van der Waals surface area contributed by atoms with Gasteiger partial charge in [0.25, 0.3) is 0 Å². The van der Waals surface area contributed by atoms with Crippen molar-refractivity contribution in [1.82, 2.24) is 0 Å². The van der Waals surface area contributed by atoms with Crippen molar-refractivity contribution in [3.63, 3.8) is 0 Å². The highest BCUT2D eigenvalue weighted by Crippen LogP contribution is 2.70. The maximum absolute atomic E-state index is 4.46. The molecular weight excluding hydrogens is 180 g/mol. The van der Waals surface area contributed by atoms with Crippen LogP contribution in [0.25, 0.3) is 0 Å². The van der Waals surface area contributed by atoms with Crippen LogP contribution in [0.1, 0.15) is 52.9 Å². The minimum absolute atomic E-state index is 0.515. The van der Waals surface area contributed by atoms with E-state index in [9.17, 15) is 0 Å². The van der Waals surface area contributed by atoms with E-state index in [-0.39, 0.29) is 0 Å². The van der Waals surface area contributed by atoms with Gasteiger partial charge in [0.05, 0.1) is 0 Å². The first-order valence-corrected chi connectivity index (χ1v) is 6.66. The Kier molecular flexibility index (Phi) is 1.79. The van der Waals surface area contributed by atoms with E-state index in [0.717, 1.165) is 17.8 Å². The zero-order valence-electron chi connectivity index (χ0n) is 10.5. The molecule has 3 fully saturated rings. The van der Waals surface area contributed by atoms with Crippen LogP contribution in [-0.4, -0.2) is 0 Å². The van der Waals surface area contributed by atoms with Crippen LogP contribution in [0.5, 0.6) is 0 Å². The predicted octanol–water partition coefficient (Wildman–Crippen LogP) is 4.42. The molecule has 4 bridgehead atoms. The fourth-order valence-electron chi connectivity index (χ4n) is 5.28. The monoisotopic (exact) mass is 204 g/mol. The fourth-order valence-corrected chi connectivity index (χ4v) is 5.28. The van der Waals surface area contributed by atoms with Gasteiger partial charge >= 0.3 is 0 Å². The van der Waals surface area contributed by atoms with Crippen molar-refractivity contribution in [3.8, 4) is 0 Å². The molecule has 0 heterocycles. The molecule has 0 aromatic heterocycles. The van der Waals surface area contributed by atoms with Gasteiger partial charge < -0.3 is 0 Å². The summed E-state index contributed by atoms with van der Waals surface area (Å²) in [7, 11) is 0. The molecule has 0 heteroatoms. The van der Waals surface area contributed by atoms with E-state index in [2.05, 4.69) is 27.4 Å². The summed E-state index contributed by atoms with van der Waals surface area (Å²) in [6.07, 6.45) is 7.18. The van der Waals surface area contributed by atoms with Crippen molar-refractivity contribution >= 4 is 0 Å². The predicted molar refractivity (Wildman–Crippen MR) is 64.6 cm³/mol. The van der Waals surface area contributed by atoms with Gasteiger partial charge in [-0.2, -0.15) is 0 Å². The minimum atomic E-state index is 0.515. The molecule has 3 rings (SSSR count). The van der Waals surface area contributed by atoms with E-state index in [0.29, 0.717) is 10.8 Å². The quantitative estimate of drug-likeness (QED) is 0.513. The molecule has 84 valence electrons. The molecule has 0 aromatic carbocycles. The van der Waals surface area contributed by atoms with E-state index >= 15 is 0 Å². The molecule has 0 N–H and O–H groups in total. The summed E-state index contributed by atoms with van der Waals surface area (Å²) in [4.78, 5) is 0. The Balaban J connectivity index is 2.10. The molecule has 0 amide bonds. The molecular formula is C15H24. The summed E-state index contributed by atoms with van der Waals surface area (Å²) >= 11 is 0. The van der Waals surface area contributed by atoms with Gasteiger partial charge in [-0.1, -0.05) is 39.3 Å². The topological polar surface area (TPSA) is 0 Å². The maximum atomic E-state index is 4.46. The molecule has 4 atom stereocenters. The second-order valence-corrected chi connectivity index (χ2v) is 7.10. The van der Waals surface area contributed by atoms with Crippen LogP contribution in [0.4, 0.5) is 0 Å². The SMILES string of the molecule is C=C1[C@H]2CC[C@@H]3[C@@H]2C(C)(C)CCC[C@]13C. The third-order valence-electron chi connectivity index (χ3n) is 6.07. The lowest BCUT2D eigenvalue weighted by Crippen LogP contribution is -2.28. The van der Waals surface area contributed by atoms with Gasteiger partial charge in [0.15, 0.2) is 0 Å². The highest BCUT2D eigenvalue weighted by molar-refractivity contribution is 5.29. The molecule has 3 aliphatic rings. The van der Waals surface area contributed by atoms with Crippen LogP contribution in [0.15, 0.2) is 12.2 Å². The number of allylic oxidation sites excluding steroid dienone is 1. The number of hydrogen-bond acceptors (Lipinski definition) is 0. The summed E-state index contributed by atoms with van der Waals surface area (Å²) in [5, 5.41) is 0. The van der Waals surface area contributed by atoms with Crippen LogP contribution in [0.3, 0.4) is 0 Å². The van der Waals surface area contributed by atoms with E-state index in [1.165, 1.54) is 32.1 Å². The smallest absolute Gasteiger partial charge is 0.00849 e. The van der Waals surface area contributed by atoms with Crippen molar-refractivity contribution in [2.24, 2.45) is 28.6 Å². The van der Waals surface area contributed by atoms with Crippen molar-refractivity contribution in [2.75, 3.05) is 0 Å². The molecule has 15 heavy (non-hydrogen) atoms. The summed E-state index contributed by atoms with van der Waals surface area (Å²) in [6.45, 7) is 12.0. The number of rotatable bonds is 0. The first kappa shape index (κ1) is 9.93. The average molecular weight is 204 g/mol. The summed E-state index contributed by atoms with van der Waals surface area (Å²) < 4.78 is 0. The lowest BCUT2D eigenvalue weighted by Gasteiger charge is -2.35. The first-order valence-electron chi connectivity index (χ1n) is 6.66. The van der Waals surface area contributed by atoms with E-state index in [1.54, 1.807) is 5.57 Å². The standard InChI is InChI=1S/C15H24/c1-10-11-6-7-12-13(11)14(2,3)8-5-9-15(10,12)4/h11-13H,1,5-9H2,2-4H3/t11-,12-,13-,15-/m1/s1. The molecule has 0 aromatic rings. The van der Waals surface area contributed by atoms with Gasteiger partial charge in [0.1, 0.15) is 0 Å². The van der Waals surface area contributed by atoms with Gasteiger partial charge in [0, 0.05) is 0 Å². The van der Waals surface area contributed by atoms with Crippen LogP contribution in [0.2, 0.25) is 0 Å². The highest BCUT2D eigenvalue weighted by atomic mass is 14.7. The van der Waals surface area contributed by atoms with Crippen molar-refractivity contribution in [3.05, 3.63) is 12.2 Å². The molecule has 0 unspecified atom stereocenters. The maximum Gasteiger partial charge on any atom is -0.00849 e. The fraction of sp³-hybridized carbons (Fsp3) is 0.867. The highest BCUT2D eigenvalue weighted by Gasteiger charge is 2.61. The van der Waals surface area contributed by atoms with E-state index in [1.807, 2.05) is 0 Å². The van der Waals surface area contributed by atoms with Crippen molar-refractivity contribution < 1.29 is 0 Å². The second kappa shape index (κ2) is 2.70. The van der Waals surface area contributed by atoms with Gasteiger partial charge in [-0.3, -0.25) is 0 Å². The van der Waals surface area contributed by atoms with Crippen LogP contribution in [0, 0.1) is 28.6 Å².